The van der Waals surface area contributed by atoms with Crippen molar-refractivity contribution in [3.05, 3.63) is 54.6 Å². The molecule has 2 rings (SSSR count). The summed E-state index contributed by atoms with van der Waals surface area (Å²) in [5.74, 6) is 0.959. The van der Waals surface area contributed by atoms with Crippen LogP contribution in [0.3, 0.4) is 0 Å². The number of hydrogen-bond acceptors (Lipinski definition) is 4. The van der Waals surface area contributed by atoms with Crippen LogP contribution in [-0.2, 0) is 10.1 Å². The molecule has 0 aliphatic rings. The zero-order chi connectivity index (χ0) is 19.6. The molecule has 0 amide bonds. The quantitative estimate of drug-likeness (QED) is 0.393. The van der Waals surface area contributed by atoms with Crippen molar-refractivity contribution in [1.82, 2.24) is 0 Å². The van der Waals surface area contributed by atoms with Crippen molar-refractivity contribution in [3.63, 3.8) is 0 Å². The van der Waals surface area contributed by atoms with Gasteiger partial charge in [-0.1, -0.05) is 43.3 Å². The normalized spacial score (nSPS) is 11.4. The standard InChI is InChI=1S/C16H18OS.CHF3O3S/c1-2-3-13-17-14-9-11-16(12-10-14)18-15-7-5-4-6-8-15;2-1(3,4)8(5,6)7/h4-12H,2-3,13H2,1H3;(H,5,6,7). The molecule has 144 valence electrons. The fourth-order valence-corrected chi connectivity index (χ4v) is 2.40. The fraction of sp³-hybridized carbons (Fsp3) is 0.294. The van der Waals surface area contributed by atoms with Crippen molar-refractivity contribution < 1.29 is 30.9 Å². The van der Waals surface area contributed by atoms with Gasteiger partial charge in [0.05, 0.1) is 6.61 Å². The van der Waals surface area contributed by atoms with E-state index < -0.39 is 15.6 Å². The summed E-state index contributed by atoms with van der Waals surface area (Å²) >= 11 is 1.77. The molecule has 0 radical (unpaired) electrons. The molecular weight excluding hydrogens is 389 g/mol. The predicted molar refractivity (Wildman–Crippen MR) is 95.0 cm³/mol. The summed E-state index contributed by atoms with van der Waals surface area (Å²) in [6.07, 6.45) is 2.28. The molecule has 0 aliphatic heterocycles. The largest absolute Gasteiger partial charge is 0.522 e. The molecule has 0 bridgehead atoms. The number of ether oxygens (including phenoxy) is 1. The van der Waals surface area contributed by atoms with E-state index in [1.165, 1.54) is 16.2 Å². The van der Waals surface area contributed by atoms with Gasteiger partial charge in [0.15, 0.2) is 0 Å². The average Bonchev–Trinajstić information content (AvgIpc) is 2.56. The third-order valence-corrected chi connectivity index (χ3v) is 4.46. The molecule has 2 aromatic rings. The summed E-state index contributed by atoms with van der Waals surface area (Å²) in [7, 11) is -5.84. The third kappa shape index (κ3) is 8.59. The maximum atomic E-state index is 10.7. The van der Waals surface area contributed by atoms with Crippen LogP contribution in [0.2, 0.25) is 0 Å². The van der Waals surface area contributed by atoms with Crippen LogP contribution < -0.4 is 4.74 Å². The first-order chi connectivity index (χ1) is 12.1. The summed E-state index contributed by atoms with van der Waals surface area (Å²) in [6.45, 7) is 2.98. The second kappa shape index (κ2) is 10.4. The maximum absolute atomic E-state index is 10.7. The van der Waals surface area contributed by atoms with E-state index in [4.69, 9.17) is 17.7 Å². The Bertz CT molecular complexity index is 746. The van der Waals surface area contributed by atoms with E-state index in [0.717, 1.165) is 18.8 Å². The van der Waals surface area contributed by atoms with Gasteiger partial charge in [0, 0.05) is 9.79 Å². The van der Waals surface area contributed by atoms with E-state index in [1.54, 1.807) is 11.8 Å². The number of benzene rings is 2. The first kappa shape index (κ1) is 22.3. The summed E-state index contributed by atoms with van der Waals surface area (Å²) in [5, 5.41) is 0. The highest BCUT2D eigenvalue weighted by Gasteiger charge is 2.44. The second-order valence-corrected chi connectivity index (χ2v) is 7.57. The molecule has 0 heterocycles. The molecule has 0 saturated carbocycles. The van der Waals surface area contributed by atoms with E-state index in [9.17, 15) is 13.2 Å². The van der Waals surface area contributed by atoms with Gasteiger partial charge in [-0.3, -0.25) is 4.55 Å². The first-order valence-electron chi connectivity index (χ1n) is 7.63. The van der Waals surface area contributed by atoms with Gasteiger partial charge >= 0.3 is 15.6 Å². The van der Waals surface area contributed by atoms with Gasteiger partial charge in [0.2, 0.25) is 0 Å². The highest BCUT2D eigenvalue weighted by atomic mass is 32.2. The van der Waals surface area contributed by atoms with Crippen LogP contribution in [0.25, 0.3) is 0 Å². The van der Waals surface area contributed by atoms with Gasteiger partial charge in [0.1, 0.15) is 5.75 Å². The fourth-order valence-electron chi connectivity index (χ4n) is 1.56. The Labute approximate surface area is 155 Å². The molecule has 4 nitrogen and oxygen atoms in total. The SMILES string of the molecule is CCCCOc1ccc(Sc2ccccc2)cc1.O=S(=O)(O)C(F)(F)F. The van der Waals surface area contributed by atoms with Crippen molar-refractivity contribution in [1.29, 1.82) is 0 Å². The summed E-state index contributed by atoms with van der Waals surface area (Å²) in [6, 6.07) is 18.7. The number of hydrogen-bond donors (Lipinski definition) is 1. The molecule has 1 N–H and O–H groups in total. The van der Waals surface area contributed by atoms with Gasteiger partial charge in [-0.2, -0.15) is 21.6 Å². The Balaban J connectivity index is 0.000000359. The zero-order valence-corrected chi connectivity index (χ0v) is 15.6. The lowest BCUT2D eigenvalue weighted by Crippen LogP contribution is -2.21. The minimum Gasteiger partial charge on any atom is -0.494 e. The molecule has 26 heavy (non-hydrogen) atoms. The van der Waals surface area contributed by atoms with Crippen molar-refractivity contribution in [2.24, 2.45) is 0 Å². The summed E-state index contributed by atoms with van der Waals surface area (Å²) in [5.41, 5.74) is -5.53. The van der Waals surface area contributed by atoms with Crippen LogP contribution in [0, 0.1) is 0 Å². The molecule has 0 aromatic heterocycles. The number of rotatable bonds is 6. The van der Waals surface area contributed by atoms with E-state index in [2.05, 4.69) is 43.3 Å². The maximum Gasteiger partial charge on any atom is 0.522 e. The topological polar surface area (TPSA) is 63.6 Å². The van der Waals surface area contributed by atoms with Crippen LogP contribution in [0.1, 0.15) is 19.8 Å². The Hall–Kier alpha value is -1.71. The molecule has 0 fully saturated rings. The Morgan fingerprint density at radius 1 is 1.00 bits per heavy atom. The predicted octanol–water partition coefficient (Wildman–Crippen LogP) is 5.41. The highest BCUT2D eigenvalue weighted by molar-refractivity contribution is 7.99. The Kier molecular flexibility index (Phi) is 8.97. The lowest BCUT2D eigenvalue weighted by Gasteiger charge is -2.06. The highest BCUT2D eigenvalue weighted by Crippen LogP contribution is 2.28. The molecule has 2 aromatic carbocycles. The van der Waals surface area contributed by atoms with Crippen molar-refractivity contribution in [3.8, 4) is 5.75 Å². The van der Waals surface area contributed by atoms with E-state index in [0.29, 0.717) is 0 Å². The number of halogens is 3. The zero-order valence-electron chi connectivity index (χ0n) is 13.9. The van der Waals surface area contributed by atoms with Crippen LogP contribution >= 0.6 is 11.8 Å². The van der Waals surface area contributed by atoms with Gasteiger partial charge in [-0.05, 0) is 42.8 Å². The van der Waals surface area contributed by atoms with Gasteiger partial charge in [-0.15, -0.1) is 0 Å². The summed E-state index contributed by atoms with van der Waals surface area (Å²) in [4.78, 5) is 2.50. The van der Waals surface area contributed by atoms with Crippen LogP contribution in [-0.4, -0.2) is 25.1 Å². The molecule has 9 heteroatoms. The smallest absolute Gasteiger partial charge is 0.494 e. The van der Waals surface area contributed by atoms with Crippen LogP contribution in [0.4, 0.5) is 13.2 Å². The third-order valence-electron chi connectivity index (χ3n) is 2.86. The average molecular weight is 408 g/mol. The van der Waals surface area contributed by atoms with Crippen LogP contribution in [0.15, 0.2) is 64.4 Å². The van der Waals surface area contributed by atoms with E-state index >= 15 is 0 Å². The Morgan fingerprint density at radius 2 is 1.50 bits per heavy atom. The number of alkyl halides is 3. The van der Waals surface area contributed by atoms with E-state index in [1.807, 2.05) is 18.2 Å². The van der Waals surface area contributed by atoms with E-state index in [-0.39, 0.29) is 0 Å². The minimum absolute atomic E-state index is 0.807. The van der Waals surface area contributed by atoms with Gasteiger partial charge in [0.25, 0.3) is 0 Å². The van der Waals surface area contributed by atoms with Gasteiger partial charge < -0.3 is 4.74 Å². The summed E-state index contributed by atoms with van der Waals surface area (Å²) < 4.78 is 63.2. The molecule has 0 saturated heterocycles. The van der Waals surface area contributed by atoms with Crippen LogP contribution in [0.5, 0.6) is 5.75 Å². The van der Waals surface area contributed by atoms with Crippen molar-refractivity contribution in [2.75, 3.05) is 6.61 Å². The lowest BCUT2D eigenvalue weighted by atomic mass is 10.3. The monoisotopic (exact) mass is 408 g/mol. The van der Waals surface area contributed by atoms with Gasteiger partial charge in [-0.25, -0.2) is 0 Å². The first-order valence-corrected chi connectivity index (χ1v) is 9.88. The molecular formula is C17H19F3O4S2. The molecule has 0 aliphatic carbocycles. The van der Waals surface area contributed by atoms with Crippen molar-refractivity contribution in [2.45, 2.75) is 35.1 Å². The number of unbranched alkanes of at least 4 members (excludes halogenated alkanes) is 1. The molecule has 0 atom stereocenters. The minimum atomic E-state index is -5.84. The molecule has 0 spiro atoms. The second-order valence-electron chi connectivity index (χ2n) is 5.01. The molecule has 0 unspecified atom stereocenters. The Morgan fingerprint density at radius 3 is 1.96 bits per heavy atom. The van der Waals surface area contributed by atoms with Crippen molar-refractivity contribution >= 4 is 21.9 Å². The lowest BCUT2D eigenvalue weighted by molar-refractivity contribution is -0.0510.